The third-order valence-corrected chi connectivity index (χ3v) is 4.21. The van der Waals surface area contributed by atoms with Gasteiger partial charge in [0, 0.05) is 16.1 Å². The van der Waals surface area contributed by atoms with Gasteiger partial charge < -0.3 is 0 Å². The van der Waals surface area contributed by atoms with Crippen molar-refractivity contribution < 1.29 is 4.79 Å². The van der Waals surface area contributed by atoms with Gasteiger partial charge in [-0.1, -0.05) is 22.0 Å². The fourth-order valence-electron chi connectivity index (χ4n) is 2.49. The van der Waals surface area contributed by atoms with Crippen LogP contribution in [0.1, 0.15) is 38.7 Å². The fourth-order valence-corrected chi connectivity index (χ4v) is 2.85. The smallest absolute Gasteiger partial charge is 0.136 e. The number of hydrogen-bond acceptors (Lipinski definition) is 3. The summed E-state index contributed by atoms with van der Waals surface area (Å²) in [6, 6.07) is 7.63. The molecule has 0 radical (unpaired) electrons. The van der Waals surface area contributed by atoms with E-state index in [0.717, 1.165) is 35.0 Å². The highest BCUT2D eigenvalue weighted by atomic mass is 79.9. The SMILES string of the molecule is CC(=O)C1C=C(C(C)=Nc2ccc(Br)cc2C#N)CCC1. The van der Waals surface area contributed by atoms with Crippen LogP contribution in [0.2, 0.25) is 0 Å². The van der Waals surface area contributed by atoms with Gasteiger partial charge in [-0.05, 0) is 56.9 Å². The lowest BCUT2D eigenvalue weighted by Crippen LogP contribution is -2.15. The van der Waals surface area contributed by atoms with Gasteiger partial charge in [-0.3, -0.25) is 9.79 Å². The van der Waals surface area contributed by atoms with Crippen LogP contribution >= 0.6 is 15.9 Å². The molecule has 1 aromatic rings. The molecule has 1 atom stereocenters. The van der Waals surface area contributed by atoms with Crippen LogP contribution in [0.3, 0.4) is 0 Å². The summed E-state index contributed by atoms with van der Waals surface area (Å²) < 4.78 is 0.865. The zero-order valence-electron chi connectivity index (χ0n) is 12.2. The molecule has 3 nitrogen and oxygen atoms in total. The zero-order valence-corrected chi connectivity index (χ0v) is 13.8. The predicted molar refractivity (Wildman–Crippen MR) is 87.7 cm³/mol. The molecule has 0 saturated carbocycles. The van der Waals surface area contributed by atoms with E-state index in [1.54, 1.807) is 13.0 Å². The van der Waals surface area contributed by atoms with E-state index in [0.29, 0.717) is 11.3 Å². The van der Waals surface area contributed by atoms with Crippen molar-refractivity contribution in [2.45, 2.75) is 33.1 Å². The van der Waals surface area contributed by atoms with Crippen molar-refractivity contribution >= 4 is 33.1 Å². The molecule has 0 saturated heterocycles. The maximum atomic E-state index is 11.5. The summed E-state index contributed by atoms with van der Waals surface area (Å²) >= 11 is 3.36. The average Bonchev–Trinajstić information content (AvgIpc) is 2.49. The topological polar surface area (TPSA) is 53.2 Å². The van der Waals surface area contributed by atoms with E-state index in [2.05, 4.69) is 27.0 Å². The van der Waals surface area contributed by atoms with Crippen LogP contribution < -0.4 is 0 Å². The number of halogens is 1. The van der Waals surface area contributed by atoms with Crippen LogP contribution in [0.15, 0.2) is 39.3 Å². The third kappa shape index (κ3) is 3.89. The van der Waals surface area contributed by atoms with E-state index in [9.17, 15) is 10.1 Å². The van der Waals surface area contributed by atoms with E-state index in [-0.39, 0.29) is 11.7 Å². The van der Waals surface area contributed by atoms with Gasteiger partial charge in [0.05, 0.1) is 11.3 Å². The third-order valence-electron chi connectivity index (χ3n) is 3.72. The lowest BCUT2D eigenvalue weighted by molar-refractivity contribution is -0.119. The first-order valence-corrected chi connectivity index (χ1v) is 7.77. The normalized spacial score (nSPS) is 18.9. The first-order valence-electron chi connectivity index (χ1n) is 6.97. The second kappa shape index (κ2) is 6.82. The molecule has 0 aliphatic heterocycles. The summed E-state index contributed by atoms with van der Waals surface area (Å²) in [5, 5.41) is 9.18. The molecule has 0 fully saturated rings. The molecular formula is C17H17BrN2O. The molecule has 2 rings (SSSR count). The van der Waals surface area contributed by atoms with E-state index in [1.807, 2.05) is 25.1 Å². The van der Waals surface area contributed by atoms with Crippen LogP contribution in [0, 0.1) is 17.2 Å². The molecule has 1 aliphatic carbocycles. The van der Waals surface area contributed by atoms with Crippen molar-refractivity contribution in [2.75, 3.05) is 0 Å². The van der Waals surface area contributed by atoms with Crippen LogP contribution in [0.4, 0.5) is 5.69 Å². The van der Waals surface area contributed by atoms with Crippen molar-refractivity contribution in [3.63, 3.8) is 0 Å². The fraction of sp³-hybridized carbons (Fsp3) is 0.353. The molecule has 1 unspecified atom stereocenters. The molecule has 0 N–H and O–H groups in total. The number of benzene rings is 1. The second-order valence-corrected chi connectivity index (χ2v) is 6.19. The Morgan fingerprint density at radius 1 is 1.43 bits per heavy atom. The lowest BCUT2D eigenvalue weighted by atomic mass is 9.86. The molecule has 4 heteroatoms. The largest absolute Gasteiger partial charge is 0.299 e. The Balaban J connectivity index is 2.33. The number of aliphatic imine (C=N–C) groups is 1. The monoisotopic (exact) mass is 344 g/mol. The average molecular weight is 345 g/mol. The molecule has 108 valence electrons. The maximum absolute atomic E-state index is 11.5. The highest BCUT2D eigenvalue weighted by molar-refractivity contribution is 9.10. The summed E-state index contributed by atoms with van der Waals surface area (Å²) in [6.45, 7) is 3.58. The summed E-state index contributed by atoms with van der Waals surface area (Å²) in [5.74, 6) is 0.223. The Morgan fingerprint density at radius 3 is 2.86 bits per heavy atom. The Hall–Kier alpha value is -1.73. The van der Waals surface area contributed by atoms with Crippen LogP contribution in [0.25, 0.3) is 0 Å². The van der Waals surface area contributed by atoms with E-state index >= 15 is 0 Å². The Labute approximate surface area is 133 Å². The molecule has 0 bridgehead atoms. The number of allylic oxidation sites excluding steroid dienone is 2. The predicted octanol–water partition coefficient (Wildman–Crippen LogP) is 4.73. The number of nitriles is 1. The number of carbonyl (C=O) groups is 1. The first kappa shape index (κ1) is 15.7. The van der Waals surface area contributed by atoms with Crippen molar-refractivity contribution in [1.82, 2.24) is 0 Å². The summed E-state index contributed by atoms with van der Waals surface area (Å²) in [4.78, 5) is 16.1. The van der Waals surface area contributed by atoms with Gasteiger partial charge in [0.1, 0.15) is 11.9 Å². The zero-order chi connectivity index (χ0) is 15.4. The highest BCUT2D eigenvalue weighted by Crippen LogP contribution is 2.28. The molecule has 1 aliphatic rings. The van der Waals surface area contributed by atoms with E-state index in [4.69, 9.17) is 0 Å². The highest BCUT2D eigenvalue weighted by Gasteiger charge is 2.18. The number of carbonyl (C=O) groups excluding carboxylic acids is 1. The summed E-state index contributed by atoms with van der Waals surface area (Å²) in [7, 11) is 0. The van der Waals surface area contributed by atoms with E-state index < -0.39 is 0 Å². The van der Waals surface area contributed by atoms with Gasteiger partial charge in [-0.15, -0.1) is 0 Å². The van der Waals surface area contributed by atoms with Crippen molar-refractivity contribution in [2.24, 2.45) is 10.9 Å². The van der Waals surface area contributed by atoms with Crippen molar-refractivity contribution in [3.8, 4) is 6.07 Å². The van der Waals surface area contributed by atoms with Gasteiger partial charge in [0.2, 0.25) is 0 Å². The Bertz CT molecular complexity index is 668. The quantitative estimate of drug-likeness (QED) is 0.744. The van der Waals surface area contributed by atoms with Crippen molar-refractivity contribution in [3.05, 3.63) is 39.9 Å². The van der Waals surface area contributed by atoms with Crippen LogP contribution in [0.5, 0.6) is 0 Å². The van der Waals surface area contributed by atoms with Gasteiger partial charge in [0.25, 0.3) is 0 Å². The first-order chi connectivity index (χ1) is 10.0. The minimum atomic E-state index is 0.0132. The van der Waals surface area contributed by atoms with Gasteiger partial charge in [-0.2, -0.15) is 5.26 Å². The van der Waals surface area contributed by atoms with E-state index in [1.165, 1.54) is 0 Å². The molecule has 0 amide bonds. The molecule has 0 aromatic heterocycles. The van der Waals surface area contributed by atoms with Gasteiger partial charge in [0.15, 0.2) is 0 Å². The van der Waals surface area contributed by atoms with Crippen LogP contribution in [-0.2, 0) is 4.79 Å². The van der Waals surface area contributed by atoms with Crippen molar-refractivity contribution in [1.29, 1.82) is 5.26 Å². The number of hydrogen-bond donors (Lipinski definition) is 0. The standard InChI is InChI=1S/C17H17BrN2O/c1-11(13-4-3-5-14(8-13)12(2)21)20-17-7-6-16(18)9-15(17)10-19/h6-9,14H,3-5H2,1-2H3. The Morgan fingerprint density at radius 2 is 2.19 bits per heavy atom. The molecule has 0 heterocycles. The molecular weight excluding hydrogens is 328 g/mol. The number of ketones is 1. The number of Topliss-reactive ketones (excluding diaryl/α,β-unsaturated/α-hetero) is 1. The number of nitrogens with zero attached hydrogens (tertiary/aromatic N) is 2. The van der Waals surface area contributed by atoms with Crippen LogP contribution in [-0.4, -0.2) is 11.5 Å². The summed E-state index contributed by atoms with van der Waals surface area (Å²) in [5.41, 5.74) is 3.22. The lowest BCUT2D eigenvalue weighted by Gasteiger charge is -2.19. The molecule has 21 heavy (non-hydrogen) atoms. The molecule has 1 aromatic carbocycles. The second-order valence-electron chi connectivity index (χ2n) is 5.27. The maximum Gasteiger partial charge on any atom is 0.136 e. The summed E-state index contributed by atoms with van der Waals surface area (Å²) in [6.07, 6.45) is 4.91. The van der Waals surface area contributed by atoms with Gasteiger partial charge >= 0.3 is 0 Å². The van der Waals surface area contributed by atoms with Gasteiger partial charge in [-0.25, -0.2) is 0 Å². The minimum Gasteiger partial charge on any atom is -0.299 e. The number of rotatable bonds is 3. The minimum absolute atomic E-state index is 0.0132. The Kier molecular flexibility index (Phi) is 5.08. The molecule has 0 spiro atoms.